The van der Waals surface area contributed by atoms with Gasteiger partial charge < -0.3 is 5.11 Å². The summed E-state index contributed by atoms with van der Waals surface area (Å²) in [6, 6.07) is 12.3. The summed E-state index contributed by atoms with van der Waals surface area (Å²) in [5, 5.41) is 15.3. The number of carboxylic acids is 1. The van der Waals surface area contributed by atoms with Crippen molar-refractivity contribution in [3.8, 4) is 16.9 Å². The molecule has 3 aromatic heterocycles. The Kier molecular flexibility index (Phi) is 3.82. The Bertz CT molecular complexity index is 1520. The molecule has 5 rings (SSSR count). The lowest BCUT2D eigenvalue weighted by atomic mass is 10.1. The highest BCUT2D eigenvalue weighted by atomic mass is 16.4. The maximum absolute atomic E-state index is 13.1. The highest BCUT2D eigenvalue weighted by molar-refractivity contribution is 5.96. The number of aromatic carboxylic acids is 1. The zero-order chi connectivity index (χ0) is 21.0. The summed E-state index contributed by atoms with van der Waals surface area (Å²) in [5.41, 5.74) is 3.39. The molecule has 8 nitrogen and oxygen atoms in total. The topological polar surface area (TPSA) is 94.9 Å². The van der Waals surface area contributed by atoms with Gasteiger partial charge in [0.15, 0.2) is 0 Å². The highest BCUT2D eigenvalue weighted by Crippen LogP contribution is 2.28. The van der Waals surface area contributed by atoms with Crippen LogP contribution in [0.3, 0.4) is 0 Å². The van der Waals surface area contributed by atoms with E-state index in [-0.39, 0.29) is 11.3 Å². The van der Waals surface area contributed by atoms with Crippen molar-refractivity contribution in [1.82, 2.24) is 23.9 Å². The number of benzene rings is 2. The first kappa shape index (κ1) is 17.9. The van der Waals surface area contributed by atoms with Crippen LogP contribution in [0, 0.1) is 0 Å². The van der Waals surface area contributed by atoms with Crippen LogP contribution in [0.25, 0.3) is 38.8 Å². The number of carbonyl (C=O) groups is 1. The molecular formula is C22H17N5O3. The molecule has 1 N–H and O–H groups in total. The van der Waals surface area contributed by atoms with Crippen LogP contribution >= 0.6 is 0 Å². The van der Waals surface area contributed by atoms with Crippen molar-refractivity contribution >= 4 is 27.8 Å². The van der Waals surface area contributed by atoms with Gasteiger partial charge in [-0.1, -0.05) is 12.1 Å². The monoisotopic (exact) mass is 399 g/mol. The van der Waals surface area contributed by atoms with Gasteiger partial charge >= 0.3 is 11.7 Å². The van der Waals surface area contributed by atoms with Gasteiger partial charge in [-0.15, -0.1) is 0 Å². The fraction of sp³-hybridized carbons (Fsp3) is 0.0909. The lowest BCUT2D eigenvalue weighted by Crippen LogP contribution is -2.21. The fourth-order valence-corrected chi connectivity index (χ4v) is 3.77. The average Bonchev–Trinajstić information content (AvgIpc) is 3.28. The minimum Gasteiger partial charge on any atom is -0.478 e. The molecule has 0 aliphatic carbocycles. The van der Waals surface area contributed by atoms with E-state index in [1.807, 2.05) is 37.5 Å². The Hall–Kier alpha value is -4.20. The minimum absolute atomic E-state index is 0.124. The standard InChI is InChI=1S/C22H17N5O3/c1-25-12-15(10-24-25)17-8-13-4-3-5-18(16(13)11-23-17)27-20-9-14(21(28)29)6-7-19(20)26(2)22(27)30/h3-12H,1-2H3,(H,28,29). The zero-order valence-electron chi connectivity index (χ0n) is 16.3. The van der Waals surface area contributed by atoms with Crippen molar-refractivity contribution in [2.75, 3.05) is 0 Å². The molecule has 148 valence electrons. The Labute approximate surface area is 170 Å². The van der Waals surface area contributed by atoms with E-state index in [1.54, 1.807) is 30.2 Å². The average molecular weight is 399 g/mol. The molecular weight excluding hydrogens is 382 g/mol. The first-order valence-electron chi connectivity index (χ1n) is 9.27. The number of aryl methyl sites for hydroxylation is 2. The Morgan fingerprint density at radius 2 is 1.87 bits per heavy atom. The van der Waals surface area contributed by atoms with Crippen LogP contribution in [0.5, 0.6) is 0 Å². The maximum Gasteiger partial charge on any atom is 0.335 e. The molecule has 0 fully saturated rings. The molecule has 0 radical (unpaired) electrons. The van der Waals surface area contributed by atoms with Crippen LogP contribution in [0.1, 0.15) is 10.4 Å². The Morgan fingerprint density at radius 3 is 2.60 bits per heavy atom. The van der Waals surface area contributed by atoms with Crippen molar-refractivity contribution in [2.45, 2.75) is 0 Å². The van der Waals surface area contributed by atoms with Crippen LogP contribution in [0.15, 0.2) is 65.8 Å². The van der Waals surface area contributed by atoms with Crippen molar-refractivity contribution in [1.29, 1.82) is 0 Å². The second-order valence-corrected chi connectivity index (χ2v) is 7.16. The second-order valence-electron chi connectivity index (χ2n) is 7.16. The second kappa shape index (κ2) is 6.41. The third kappa shape index (κ3) is 2.61. The molecule has 8 heteroatoms. The van der Waals surface area contributed by atoms with E-state index in [0.717, 1.165) is 22.0 Å². The van der Waals surface area contributed by atoms with E-state index in [1.165, 1.54) is 21.3 Å². The maximum atomic E-state index is 13.1. The number of aromatic nitrogens is 5. The number of carboxylic acid groups (broad SMARTS) is 1. The molecule has 0 saturated heterocycles. The number of pyridine rings is 1. The first-order valence-corrected chi connectivity index (χ1v) is 9.27. The molecule has 0 saturated carbocycles. The summed E-state index contributed by atoms with van der Waals surface area (Å²) in [5.74, 6) is -1.04. The van der Waals surface area contributed by atoms with Gasteiger partial charge in [0, 0.05) is 37.4 Å². The molecule has 0 atom stereocenters. The lowest BCUT2D eigenvalue weighted by molar-refractivity contribution is 0.0697. The van der Waals surface area contributed by atoms with Crippen molar-refractivity contribution in [3.05, 3.63) is 77.1 Å². The predicted molar refractivity (Wildman–Crippen MR) is 113 cm³/mol. The lowest BCUT2D eigenvalue weighted by Gasteiger charge is -2.09. The summed E-state index contributed by atoms with van der Waals surface area (Å²) >= 11 is 0. The zero-order valence-corrected chi connectivity index (χ0v) is 16.3. The van der Waals surface area contributed by atoms with E-state index in [9.17, 15) is 14.7 Å². The number of hydrogen-bond donors (Lipinski definition) is 1. The number of hydrogen-bond acceptors (Lipinski definition) is 4. The highest BCUT2D eigenvalue weighted by Gasteiger charge is 2.17. The molecule has 5 aromatic rings. The molecule has 0 unspecified atom stereocenters. The van der Waals surface area contributed by atoms with Crippen LogP contribution in [-0.2, 0) is 14.1 Å². The number of nitrogens with zero attached hydrogens (tertiary/aromatic N) is 5. The van der Waals surface area contributed by atoms with Gasteiger partial charge in [0.1, 0.15) is 0 Å². The van der Waals surface area contributed by atoms with Crippen molar-refractivity contribution < 1.29 is 9.90 Å². The fourth-order valence-electron chi connectivity index (χ4n) is 3.77. The number of fused-ring (bicyclic) bond motifs is 2. The largest absolute Gasteiger partial charge is 0.478 e. The molecule has 0 amide bonds. The van der Waals surface area contributed by atoms with Gasteiger partial charge in [-0.25, -0.2) is 9.59 Å². The van der Waals surface area contributed by atoms with Crippen molar-refractivity contribution in [3.63, 3.8) is 0 Å². The van der Waals surface area contributed by atoms with Crippen LogP contribution in [-0.4, -0.2) is 35.0 Å². The summed E-state index contributed by atoms with van der Waals surface area (Å²) in [4.78, 5) is 29.1. The van der Waals surface area contributed by atoms with Gasteiger partial charge in [0.25, 0.3) is 0 Å². The molecule has 0 aliphatic rings. The van der Waals surface area contributed by atoms with E-state index >= 15 is 0 Å². The number of rotatable bonds is 3. The molecule has 3 heterocycles. The van der Waals surface area contributed by atoms with Crippen LogP contribution < -0.4 is 5.69 Å². The molecule has 0 bridgehead atoms. The van der Waals surface area contributed by atoms with Gasteiger partial charge in [0.2, 0.25) is 0 Å². The van der Waals surface area contributed by atoms with E-state index in [2.05, 4.69) is 10.1 Å². The molecule has 0 aliphatic heterocycles. The normalized spacial score (nSPS) is 11.4. The van der Waals surface area contributed by atoms with Crippen LogP contribution in [0.4, 0.5) is 0 Å². The molecule has 30 heavy (non-hydrogen) atoms. The number of imidazole rings is 1. The summed E-state index contributed by atoms with van der Waals surface area (Å²) in [6.07, 6.45) is 5.38. The third-order valence-electron chi connectivity index (χ3n) is 5.29. The smallest absolute Gasteiger partial charge is 0.335 e. The van der Waals surface area contributed by atoms with Crippen LogP contribution in [0.2, 0.25) is 0 Å². The van der Waals surface area contributed by atoms with E-state index < -0.39 is 5.97 Å². The first-order chi connectivity index (χ1) is 14.4. The van der Waals surface area contributed by atoms with Crippen molar-refractivity contribution in [2.24, 2.45) is 14.1 Å². The Balaban J connectivity index is 1.78. The Morgan fingerprint density at radius 1 is 1.03 bits per heavy atom. The molecule has 2 aromatic carbocycles. The van der Waals surface area contributed by atoms with Gasteiger partial charge in [-0.05, 0) is 35.7 Å². The summed E-state index contributed by atoms with van der Waals surface area (Å²) < 4.78 is 4.76. The summed E-state index contributed by atoms with van der Waals surface area (Å²) in [6.45, 7) is 0. The molecule has 0 spiro atoms. The third-order valence-corrected chi connectivity index (χ3v) is 5.29. The summed E-state index contributed by atoms with van der Waals surface area (Å²) in [7, 11) is 3.52. The van der Waals surface area contributed by atoms with E-state index in [4.69, 9.17) is 0 Å². The van der Waals surface area contributed by atoms with Gasteiger partial charge in [0.05, 0.1) is 34.2 Å². The van der Waals surface area contributed by atoms with Gasteiger partial charge in [-0.3, -0.25) is 18.8 Å². The van der Waals surface area contributed by atoms with Gasteiger partial charge in [-0.2, -0.15) is 5.10 Å². The predicted octanol–water partition coefficient (Wildman–Crippen LogP) is 2.98. The minimum atomic E-state index is -1.04. The van der Waals surface area contributed by atoms with E-state index in [0.29, 0.717) is 16.7 Å². The SMILES string of the molecule is Cn1cc(-c2cc3cccc(-n4c(=O)n(C)c5ccc(C(=O)O)cc54)c3cn2)cn1. The quantitative estimate of drug-likeness (QED) is 0.503.